The predicted molar refractivity (Wildman–Crippen MR) is 121 cm³/mol. The van der Waals surface area contributed by atoms with Crippen LogP contribution in [0.2, 0.25) is 0 Å². The summed E-state index contributed by atoms with van der Waals surface area (Å²) in [5.41, 5.74) is 4.38. The van der Waals surface area contributed by atoms with Crippen LogP contribution in [0.25, 0.3) is 6.08 Å². The van der Waals surface area contributed by atoms with Gasteiger partial charge in [0, 0.05) is 24.2 Å². The van der Waals surface area contributed by atoms with E-state index in [4.69, 9.17) is 13.8 Å². The van der Waals surface area contributed by atoms with Gasteiger partial charge in [0.15, 0.2) is 5.82 Å². The van der Waals surface area contributed by atoms with Gasteiger partial charge in [0.25, 0.3) is 0 Å². The van der Waals surface area contributed by atoms with Gasteiger partial charge >= 0.3 is 6.03 Å². The Kier molecular flexibility index (Phi) is 6.89. The summed E-state index contributed by atoms with van der Waals surface area (Å²) in [6.07, 6.45) is 9.06. The lowest BCUT2D eigenvalue weighted by molar-refractivity contribution is 0.207. The van der Waals surface area contributed by atoms with Crippen LogP contribution in [-0.2, 0) is 6.42 Å². The molecule has 1 aliphatic heterocycles. The number of urea groups is 1. The van der Waals surface area contributed by atoms with Crippen molar-refractivity contribution in [1.29, 1.82) is 0 Å². The first-order valence-electron chi connectivity index (χ1n) is 10.9. The van der Waals surface area contributed by atoms with Crippen molar-refractivity contribution >= 4 is 17.9 Å². The van der Waals surface area contributed by atoms with Crippen LogP contribution in [0.15, 0.2) is 51.3 Å². The number of likely N-dealkylation sites (tertiary alicyclic amines) is 1. The predicted octanol–water partition coefficient (Wildman–Crippen LogP) is 5.00. The van der Waals surface area contributed by atoms with Crippen molar-refractivity contribution in [3.63, 3.8) is 0 Å². The van der Waals surface area contributed by atoms with Crippen molar-refractivity contribution in [2.24, 2.45) is 0 Å². The van der Waals surface area contributed by atoms with Crippen molar-refractivity contribution in [3.8, 4) is 5.75 Å². The van der Waals surface area contributed by atoms with E-state index in [0.29, 0.717) is 31.3 Å². The summed E-state index contributed by atoms with van der Waals surface area (Å²) in [6.45, 7) is 5.70. The summed E-state index contributed by atoms with van der Waals surface area (Å²) in [5.74, 6) is 2.07. The quantitative estimate of drug-likeness (QED) is 0.524. The number of anilines is 1. The molecule has 1 saturated heterocycles. The van der Waals surface area contributed by atoms with Crippen LogP contribution in [0.3, 0.4) is 0 Å². The first kappa shape index (κ1) is 21.7. The van der Waals surface area contributed by atoms with Gasteiger partial charge in [0.05, 0.1) is 12.8 Å². The molecular formula is C24H28N4O4. The van der Waals surface area contributed by atoms with Crippen molar-refractivity contribution in [3.05, 3.63) is 64.7 Å². The highest BCUT2D eigenvalue weighted by atomic mass is 16.5. The monoisotopic (exact) mass is 436 g/mol. The summed E-state index contributed by atoms with van der Waals surface area (Å²) in [7, 11) is 0. The minimum absolute atomic E-state index is 0.137. The second kappa shape index (κ2) is 10.2. The van der Waals surface area contributed by atoms with Gasteiger partial charge in [-0.15, -0.1) is 0 Å². The minimum Gasteiger partial charge on any atom is -0.494 e. The van der Waals surface area contributed by atoms with Crippen LogP contribution >= 0.6 is 0 Å². The number of rotatable bonds is 7. The van der Waals surface area contributed by atoms with Crippen LogP contribution in [0.1, 0.15) is 41.7 Å². The van der Waals surface area contributed by atoms with Crippen LogP contribution < -0.4 is 10.1 Å². The lowest BCUT2D eigenvalue weighted by atomic mass is 10.0. The van der Waals surface area contributed by atoms with Crippen molar-refractivity contribution in [2.45, 2.75) is 39.5 Å². The molecule has 1 aliphatic rings. The molecule has 0 spiro atoms. The number of hydrogen-bond donors (Lipinski definition) is 1. The van der Waals surface area contributed by atoms with Crippen molar-refractivity contribution < 1.29 is 18.6 Å². The molecule has 4 rings (SSSR count). The number of aryl methyl sites for hydroxylation is 2. The molecule has 8 nitrogen and oxygen atoms in total. The fourth-order valence-corrected chi connectivity index (χ4v) is 3.60. The molecule has 2 amide bonds. The molecule has 0 aliphatic carbocycles. The largest absolute Gasteiger partial charge is 0.494 e. The molecule has 1 fully saturated rings. The number of nitrogens with one attached hydrogen (secondary N) is 1. The van der Waals surface area contributed by atoms with Gasteiger partial charge in [-0.25, -0.2) is 4.79 Å². The number of carbonyl (C=O) groups excluding carboxylic acids is 1. The summed E-state index contributed by atoms with van der Waals surface area (Å²) in [6, 6.07) is 7.98. The Labute approximate surface area is 187 Å². The number of ether oxygens (including phenoxy) is 1. The van der Waals surface area contributed by atoms with Crippen molar-refractivity contribution in [1.82, 2.24) is 15.2 Å². The second-order valence-corrected chi connectivity index (χ2v) is 7.99. The molecule has 168 valence electrons. The first-order chi connectivity index (χ1) is 15.6. The van der Waals surface area contributed by atoms with E-state index in [1.165, 1.54) is 5.57 Å². The molecule has 0 saturated carbocycles. The number of nitrogens with zero attached hydrogens (tertiary/aromatic N) is 3. The zero-order chi connectivity index (χ0) is 22.3. The Morgan fingerprint density at radius 1 is 1.28 bits per heavy atom. The first-order valence-corrected chi connectivity index (χ1v) is 10.9. The normalized spacial score (nSPS) is 13.8. The summed E-state index contributed by atoms with van der Waals surface area (Å²) < 4.78 is 15.9. The molecule has 3 heterocycles. The number of aromatic nitrogens is 2. The van der Waals surface area contributed by atoms with Crippen LogP contribution in [-0.4, -0.2) is 40.9 Å². The Hall–Kier alpha value is -3.55. The van der Waals surface area contributed by atoms with Gasteiger partial charge in [0.1, 0.15) is 17.8 Å². The van der Waals surface area contributed by atoms with Gasteiger partial charge in [-0.2, -0.15) is 0 Å². The number of amides is 2. The van der Waals surface area contributed by atoms with E-state index in [2.05, 4.69) is 33.8 Å². The summed E-state index contributed by atoms with van der Waals surface area (Å²) in [5, 5.41) is 10.5. The van der Waals surface area contributed by atoms with E-state index in [0.717, 1.165) is 48.1 Å². The van der Waals surface area contributed by atoms with Crippen molar-refractivity contribution in [2.75, 3.05) is 25.0 Å². The van der Waals surface area contributed by atoms with E-state index in [9.17, 15) is 4.79 Å². The maximum Gasteiger partial charge on any atom is 0.323 e. The highest BCUT2D eigenvalue weighted by Crippen LogP contribution is 2.23. The molecular weight excluding hydrogens is 408 g/mol. The van der Waals surface area contributed by atoms with Crippen LogP contribution in [0, 0.1) is 13.8 Å². The highest BCUT2D eigenvalue weighted by Gasteiger charge is 2.21. The lowest BCUT2D eigenvalue weighted by Gasteiger charge is -2.28. The number of piperidine rings is 1. The fourth-order valence-electron chi connectivity index (χ4n) is 3.60. The fraction of sp³-hybridized carbons (Fsp3) is 0.375. The topological polar surface area (TPSA) is 93.6 Å². The van der Waals surface area contributed by atoms with Gasteiger partial charge in [-0.05, 0) is 57.2 Å². The van der Waals surface area contributed by atoms with E-state index in [-0.39, 0.29) is 6.03 Å². The Bertz CT molecular complexity index is 1060. The van der Waals surface area contributed by atoms with Gasteiger partial charge in [-0.1, -0.05) is 34.1 Å². The molecule has 0 unspecified atom stereocenters. The SMILES string of the molecule is Cc1onc(NC(=O)N2CCC(=Cc3cccc(OCCCc4cnoc4)c3)CC2)c1C. The van der Waals surface area contributed by atoms with Crippen LogP contribution in [0.4, 0.5) is 10.6 Å². The van der Waals surface area contributed by atoms with E-state index >= 15 is 0 Å². The van der Waals surface area contributed by atoms with Gasteiger partial charge < -0.3 is 18.7 Å². The molecule has 0 bridgehead atoms. The second-order valence-electron chi connectivity index (χ2n) is 7.99. The summed E-state index contributed by atoms with van der Waals surface area (Å²) in [4.78, 5) is 14.3. The maximum atomic E-state index is 12.5. The Balaban J connectivity index is 1.25. The number of hydrogen-bond acceptors (Lipinski definition) is 6. The van der Waals surface area contributed by atoms with Crippen LogP contribution in [0.5, 0.6) is 5.75 Å². The van der Waals surface area contributed by atoms with Gasteiger partial charge in [0.2, 0.25) is 0 Å². The average molecular weight is 437 g/mol. The van der Waals surface area contributed by atoms with E-state index in [1.807, 2.05) is 30.9 Å². The van der Waals surface area contributed by atoms with Gasteiger partial charge in [-0.3, -0.25) is 5.32 Å². The minimum atomic E-state index is -0.137. The smallest absolute Gasteiger partial charge is 0.323 e. The molecule has 0 radical (unpaired) electrons. The highest BCUT2D eigenvalue weighted by molar-refractivity contribution is 5.89. The Morgan fingerprint density at radius 2 is 2.12 bits per heavy atom. The molecule has 32 heavy (non-hydrogen) atoms. The molecule has 0 atom stereocenters. The third-order valence-corrected chi connectivity index (χ3v) is 5.67. The molecule has 8 heteroatoms. The molecule has 3 aromatic rings. The zero-order valence-corrected chi connectivity index (χ0v) is 18.5. The molecule has 1 N–H and O–H groups in total. The standard InChI is InChI=1S/C24H28N4O4/c1-17-18(2)32-27-23(17)26-24(29)28-10-8-19(9-11-28)13-20-5-3-7-22(14-20)30-12-4-6-21-15-25-31-16-21/h3,5,7,13-16H,4,6,8-12H2,1-2H3,(H,26,27,29). The third-order valence-electron chi connectivity index (χ3n) is 5.67. The summed E-state index contributed by atoms with van der Waals surface area (Å²) >= 11 is 0. The van der Waals surface area contributed by atoms with E-state index < -0.39 is 0 Å². The Morgan fingerprint density at radius 3 is 2.84 bits per heavy atom. The number of benzene rings is 1. The third kappa shape index (κ3) is 5.57. The number of carbonyl (C=O) groups is 1. The lowest BCUT2D eigenvalue weighted by Crippen LogP contribution is -2.39. The molecule has 1 aromatic carbocycles. The molecule has 2 aromatic heterocycles. The zero-order valence-electron chi connectivity index (χ0n) is 18.5. The average Bonchev–Trinajstić information content (AvgIpc) is 3.43. The maximum absolute atomic E-state index is 12.5. The van der Waals surface area contributed by atoms with E-state index in [1.54, 1.807) is 12.5 Å².